The zero-order valence-corrected chi connectivity index (χ0v) is 17.6. The lowest BCUT2D eigenvalue weighted by atomic mass is 10.0. The molecule has 4 atom stereocenters. The van der Waals surface area contributed by atoms with Gasteiger partial charge in [-0.25, -0.2) is 9.48 Å². The van der Waals surface area contributed by atoms with Crippen LogP contribution in [0.3, 0.4) is 0 Å². The first-order chi connectivity index (χ1) is 14.3. The second kappa shape index (κ2) is 7.80. The summed E-state index contributed by atoms with van der Waals surface area (Å²) in [7, 11) is 1.65. The summed E-state index contributed by atoms with van der Waals surface area (Å²) < 4.78 is 5.90. The van der Waals surface area contributed by atoms with E-state index in [0.717, 1.165) is 0 Å². The number of benzene rings is 1. The molecule has 2 aliphatic heterocycles. The van der Waals surface area contributed by atoms with Gasteiger partial charge in [0.2, 0.25) is 11.1 Å². The van der Waals surface area contributed by atoms with Crippen molar-refractivity contribution < 1.29 is 24.2 Å². The standard InChI is InChI=1S/C17H18N6O5S2/c1-17(30-16-19-20-21-22(16)2)12(15(26)27)23-13(25)11(14(23)29-17)18-10(24)8-28-9-6-4-3-5-7-9/h3-7,11-12,14H,8H2,1-2H3,(H,18,24)(H,26,27)/t11-,12-,14-,17+/m1/s1. The Kier molecular flexibility index (Phi) is 5.32. The maximum atomic E-state index is 12.7. The number of carboxylic acids is 1. The van der Waals surface area contributed by atoms with E-state index in [4.69, 9.17) is 4.74 Å². The molecule has 158 valence electrons. The average Bonchev–Trinajstić information content (AvgIpc) is 3.24. The smallest absolute Gasteiger partial charge is 0.328 e. The Hall–Kier alpha value is -2.80. The number of carbonyl (C=O) groups is 3. The number of carboxylic acid groups (broad SMARTS) is 1. The Morgan fingerprint density at radius 3 is 2.73 bits per heavy atom. The van der Waals surface area contributed by atoms with Gasteiger partial charge in [0.15, 0.2) is 12.6 Å². The van der Waals surface area contributed by atoms with Gasteiger partial charge in [0.05, 0.1) is 4.08 Å². The van der Waals surface area contributed by atoms with E-state index >= 15 is 0 Å². The van der Waals surface area contributed by atoms with Crippen LogP contribution in [0.2, 0.25) is 0 Å². The van der Waals surface area contributed by atoms with Gasteiger partial charge in [-0.1, -0.05) is 30.0 Å². The molecule has 30 heavy (non-hydrogen) atoms. The number of ether oxygens (including phenoxy) is 1. The number of nitrogens with zero attached hydrogens (tertiary/aromatic N) is 5. The van der Waals surface area contributed by atoms with Crippen LogP contribution in [0.5, 0.6) is 5.75 Å². The summed E-state index contributed by atoms with van der Waals surface area (Å²) in [5, 5.41) is 23.6. The van der Waals surface area contributed by atoms with Gasteiger partial charge in [-0.15, -0.1) is 16.9 Å². The number of aromatic nitrogens is 4. The Morgan fingerprint density at radius 2 is 2.10 bits per heavy atom. The van der Waals surface area contributed by atoms with Crippen LogP contribution in [-0.4, -0.2) is 76.1 Å². The quantitative estimate of drug-likeness (QED) is 0.552. The number of carbonyl (C=O) groups excluding carboxylic acids is 2. The highest BCUT2D eigenvalue weighted by Crippen LogP contribution is 2.57. The molecule has 4 rings (SSSR count). The highest BCUT2D eigenvalue weighted by atomic mass is 32.2. The lowest BCUT2D eigenvalue weighted by Crippen LogP contribution is -2.70. The summed E-state index contributed by atoms with van der Waals surface area (Å²) in [4.78, 5) is 38.2. The van der Waals surface area contributed by atoms with Crippen molar-refractivity contribution in [3.05, 3.63) is 30.3 Å². The number of aryl methyl sites for hydroxylation is 1. The van der Waals surface area contributed by atoms with E-state index in [-0.39, 0.29) is 6.61 Å². The van der Waals surface area contributed by atoms with Crippen LogP contribution < -0.4 is 10.1 Å². The van der Waals surface area contributed by atoms with Crippen LogP contribution in [0.1, 0.15) is 6.92 Å². The molecule has 2 aliphatic rings. The molecule has 13 heteroatoms. The van der Waals surface area contributed by atoms with Gasteiger partial charge < -0.3 is 20.1 Å². The van der Waals surface area contributed by atoms with E-state index < -0.39 is 39.3 Å². The van der Waals surface area contributed by atoms with Gasteiger partial charge in [-0.05, 0) is 29.5 Å². The molecular formula is C17H18N6O5S2. The molecule has 1 aromatic carbocycles. The minimum absolute atomic E-state index is 0.246. The molecule has 2 amide bonds. The summed E-state index contributed by atoms with van der Waals surface area (Å²) in [6.07, 6.45) is 0. The summed E-state index contributed by atoms with van der Waals surface area (Å²) in [5.41, 5.74) is 0. The molecule has 1 aromatic heterocycles. The number of tetrazole rings is 1. The number of hydrogen-bond donors (Lipinski definition) is 2. The average molecular weight is 451 g/mol. The largest absolute Gasteiger partial charge is 0.484 e. The molecule has 2 fully saturated rings. The monoisotopic (exact) mass is 450 g/mol. The van der Waals surface area contributed by atoms with Gasteiger partial charge in [0.25, 0.3) is 5.91 Å². The molecule has 2 N–H and O–H groups in total. The summed E-state index contributed by atoms with van der Waals surface area (Å²) in [5.74, 6) is -1.48. The number of fused-ring (bicyclic) bond motifs is 1. The number of aliphatic carboxylic acids is 1. The zero-order chi connectivity index (χ0) is 21.5. The number of para-hydroxylation sites is 1. The van der Waals surface area contributed by atoms with E-state index in [2.05, 4.69) is 20.8 Å². The predicted octanol–water partition coefficient (Wildman–Crippen LogP) is -0.0495. The fourth-order valence-corrected chi connectivity index (χ4v) is 6.50. The third kappa shape index (κ3) is 3.58. The Morgan fingerprint density at radius 1 is 1.37 bits per heavy atom. The van der Waals surface area contributed by atoms with Gasteiger partial charge in [0.1, 0.15) is 17.2 Å². The lowest BCUT2D eigenvalue weighted by Gasteiger charge is -2.43. The van der Waals surface area contributed by atoms with E-state index in [1.54, 1.807) is 38.2 Å². The number of β-lactam (4-membered cyclic amide) rings is 1. The second-order valence-electron chi connectivity index (χ2n) is 6.84. The molecule has 2 aromatic rings. The molecule has 0 spiro atoms. The van der Waals surface area contributed by atoms with Crippen molar-refractivity contribution in [2.24, 2.45) is 7.05 Å². The van der Waals surface area contributed by atoms with Crippen molar-refractivity contribution in [1.29, 1.82) is 0 Å². The fourth-order valence-electron chi connectivity index (χ4n) is 3.37. The molecule has 3 heterocycles. The first-order valence-electron chi connectivity index (χ1n) is 8.91. The van der Waals surface area contributed by atoms with Crippen LogP contribution in [0.4, 0.5) is 0 Å². The third-order valence-corrected chi connectivity index (χ3v) is 7.88. The van der Waals surface area contributed by atoms with Crippen LogP contribution in [-0.2, 0) is 21.4 Å². The van der Waals surface area contributed by atoms with Gasteiger partial charge >= 0.3 is 5.97 Å². The third-order valence-electron chi connectivity index (χ3n) is 4.75. The molecular weight excluding hydrogens is 432 g/mol. The first kappa shape index (κ1) is 20.5. The SMILES string of the molecule is Cn1nnnc1S[C@]1(C)S[C@@H]2[C@H](NC(=O)COc3ccccc3)C(=O)N2[C@@H]1C(=O)O. The Bertz CT molecular complexity index is 988. The minimum Gasteiger partial charge on any atom is -0.484 e. The number of thioether (sulfide) groups is 2. The van der Waals surface area contributed by atoms with Crippen molar-refractivity contribution >= 4 is 41.3 Å². The van der Waals surface area contributed by atoms with Crippen LogP contribution >= 0.6 is 23.5 Å². The Labute approximate surface area is 179 Å². The molecule has 0 aliphatic carbocycles. The summed E-state index contributed by atoms with van der Waals surface area (Å²) in [6.45, 7) is 1.49. The predicted molar refractivity (Wildman–Crippen MR) is 107 cm³/mol. The van der Waals surface area contributed by atoms with E-state index in [9.17, 15) is 19.5 Å². The maximum Gasteiger partial charge on any atom is 0.328 e. The normalized spacial score (nSPS) is 27.3. The Balaban J connectivity index is 1.44. The number of hydrogen-bond acceptors (Lipinski definition) is 9. The van der Waals surface area contributed by atoms with Crippen molar-refractivity contribution in [2.75, 3.05) is 6.61 Å². The molecule has 0 saturated carbocycles. The molecule has 0 bridgehead atoms. The summed E-state index contributed by atoms with van der Waals surface area (Å²) >= 11 is 2.48. The second-order valence-corrected chi connectivity index (χ2v) is 10.1. The fraction of sp³-hybridized carbons (Fsp3) is 0.412. The highest BCUT2D eigenvalue weighted by Gasteiger charge is 2.66. The number of rotatable bonds is 7. The molecule has 0 radical (unpaired) electrons. The maximum absolute atomic E-state index is 12.7. The van der Waals surface area contributed by atoms with E-state index in [0.29, 0.717) is 10.9 Å². The minimum atomic E-state index is -1.12. The number of amides is 2. The van der Waals surface area contributed by atoms with Crippen LogP contribution in [0, 0.1) is 0 Å². The number of nitrogens with one attached hydrogen (secondary N) is 1. The zero-order valence-electron chi connectivity index (χ0n) is 16.0. The topological polar surface area (TPSA) is 140 Å². The van der Waals surface area contributed by atoms with Crippen molar-refractivity contribution in [3.63, 3.8) is 0 Å². The van der Waals surface area contributed by atoms with E-state index in [1.807, 2.05) is 6.07 Å². The van der Waals surface area contributed by atoms with Crippen molar-refractivity contribution in [1.82, 2.24) is 30.4 Å². The van der Waals surface area contributed by atoms with Crippen molar-refractivity contribution in [2.45, 2.75) is 33.6 Å². The molecule has 2 saturated heterocycles. The van der Waals surface area contributed by atoms with E-state index in [1.165, 1.54) is 33.1 Å². The van der Waals surface area contributed by atoms with Crippen LogP contribution in [0.25, 0.3) is 0 Å². The molecule has 11 nitrogen and oxygen atoms in total. The van der Waals surface area contributed by atoms with Gasteiger partial charge in [-0.2, -0.15) is 0 Å². The van der Waals surface area contributed by atoms with Gasteiger partial charge in [-0.3, -0.25) is 9.59 Å². The summed E-state index contributed by atoms with van der Waals surface area (Å²) in [6, 6.07) is 6.94. The highest BCUT2D eigenvalue weighted by molar-refractivity contribution is 8.18. The first-order valence-corrected chi connectivity index (χ1v) is 10.6. The lowest BCUT2D eigenvalue weighted by molar-refractivity contribution is -0.160. The van der Waals surface area contributed by atoms with Crippen LogP contribution in [0.15, 0.2) is 35.5 Å². The van der Waals surface area contributed by atoms with Crippen molar-refractivity contribution in [3.8, 4) is 5.75 Å². The molecule has 0 unspecified atom stereocenters. The van der Waals surface area contributed by atoms with Gasteiger partial charge in [0, 0.05) is 7.05 Å².